The molecule has 1 fully saturated rings. The van der Waals surface area contributed by atoms with Gasteiger partial charge in [-0.3, -0.25) is 29.4 Å². The molecule has 1 heterocycles. The van der Waals surface area contributed by atoms with Crippen molar-refractivity contribution in [2.45, 2.75) is 50.2 Å². The van der Waals surface area contributed by atoms with Crippen LogP contribution in [0.1, 0.15) is 32.1 Å². The number of nitrogens with one attached hydrogen (secondary N) is 5. The van der Waals surface area contributed by atoms with Crippen LogP contribution in [0.25, 0.3) is 0 Å². The van der Waals surface area contributed by atoms with Crippen molar-refractivity contribution in [3.63, 3.8) is 0 Å². The van der Waals surface area contributed by atoms with E-state index in [0.29, 0.717) is 12.8 Å². The fraction of sp³-hybridized carbons (Fsp3) is 0.632. The van der Waals surface area contributed by atoms with Crippen molar-refractivity contribution in [3.05, 3.63) is 0 Å². The van der Waals surface area contributed by atoms with E-state index in [1.807, 2.05) is 0 Å². The topological polar surface area (TPSA) is 276 Å². The van der Waals surface area contributed by atoms with Gasteiger partial charge in [-0.15, -0.1) is 0 Å². The van der Waals surface area contributed by atoms with Crippen LogP contribution in [-0.2, 0) is 28.8 Å². The molecule has 0 aromatic carbocycles. The Morgan fingerprint density at radius 3 is 2.26 bits per heavy atom. The Morgan fingerprint density at radius 1 is 1.03 bits per heavy atom. The lowest BCUT2D eigenvalue weighted by atomic mass is 10.1. The van der Waals surface area contributed by atoms with Gasteiger partial charge < -0.3 is 48.5 Å². The minimum atomic E-state index is -1.40. The van der Waals surface area contributed by atoms with Gasteiger partial charge in [0.25, 0.3) is 0 Å². The van der Waals surface area contributed by atoms with Crippen LogP contribution >= 0.6 is 0 Å². The highest BCUT2D eigenvalue weighted by Gasteiger charge is 2.38. The number of carbonyl (C=O) groups excluding carboxylic acids is 5. The summed E-state index contributed by atoms with van der Waals surface area (Å²) in [5.41, 5.74) is 15.6. The summed E-state index contributed by atoms with van der Waals surface area (Å²) in [6, 6.07) is -3.50. The summed E-state index contributed by atoms with van der Waals surface area (Å²) in [6.45, 7) is -0.535. The number of aliphatic carboxylic acids is 1. The van der Waals surface area contributed by atoms with E-state index < -0.39 is 66.6 Å². The predicted molar refractivity (Wildman–Crippen MR) is 121 cm³/mol. The third kappa shape index (κ3) is 10.2. The monoisotopic (exact) mass is 499 g/mol. The molecular weight excluding hydrogens is 466 g/mol. The molecule has 1 aliphatic rings. The maximum atomic E-state index is 12.8. The number of hydrogen-bond donors (Lipinski definition) is 9. The molecule has 0 aromatic rings. The molecule has 1 saturated heterocycles. The lowest BCUT2D eigenvalue weighted by Crippen LogP contribution is -2.55. The van der Waals surface area contributed by atoms with Crippen LogP contribution in [0.5, 0.6) is 0 Å². The second-order valence-electron chi connectivity index (χ2n) is 7.84. The standard InChI is InChI=1S/C19H33N9O7/c20-8-14(30)26-10(3-1-5-24-19(22)23)16(32)25-9-15(31)27-11(7-13(21)29)17(33)28-6-2-4-12(28)18(34)35/h10-12H,1-9,20H2,(H2,21,29)(H,25,32)(H,26,30)(H,27,31)(H,34,35)(H4,22,23,24)/t10?,11?,12-/m0/s1. The Kier molecular flexibility index (Phi) is 11.9. The lowest BCUT2D eigenvalue weighted by molar-refractivity contribution is -0.149. The van der Waals surface area contributed by atoms with E-state index in [1.54, 1.807) is 0 Å². The summed E-state index contributed by atoms with van der Waals surface area (Å²) in [4.78, 5) is 73.2. The van der Waals surface area contributed by atoms with Gasteiger partial charge in [0.2, 0.25) is 29.5 Å². The Labute approximate surface area is 201 Å². The quantitative estimate of drug-likeness (QED) is 0.0625. The maximum Gasteiger partial charge on any atom is 0.326 e. The smallest absolute Gasteiger partial charge is 0.326 e. The average Bonchev–Trinajstić information content (AvgIpc) is 3.28. The van der Waals surface area contributed by atoms with Crippen molar-refractivity contribution in [2.75, 3.05) is 26.2 Å². The van der Waals surface area contributed by atoms with Crippen molar-refractivity contribution < 1.29 is 33.9 Å². The van der Waals surface area contributed by atoms with Crippen molar-refractivity contribution in [1.82, 2.24) is 26.2 Å². The number of guanidine groups is 1. The molecule has 1 rings (SSSR count). The van der Waals surface area contributed by atoms with Gasteiger partial charge in [0, 0.05) is 13.1 Å². The van der Waals surface area contributed by atoms with Gasteiger partial charge in [-0.1, -0.05) is 0 Å². The Morgan fingerprint density at radius 2 is 1.69 bits per heavy atom. The highest BCUT2D eigenvalue weighted by molar-refractivity contribution is 5.95. The summed E-state index contributed by atoms with van der Waals surface area (Å²) >= 11 is 0. The van der Waals surface area contributed by atoms with Crippen LogP contribution in [0.4, 0.5) is 0 Å². The number of rotatable bonds is 14. The van der Waals surface area contributed by atoms with Crippen LogP contribution in [0.15, 0.2) is 0 Å². The molecule has 3 atom stereocenters. The Bertz CT molecular complexity index is 835. The fourth-order valence-corrected chi connectivity index (χ4v) is 3.48. The Balaban J connectivity index is 2.73. The molecule has 16 heteroatoms. The number of nitrogens with zero attached hydrogens (tertiary/aromatic N) is 1. The second kappa shape index (κ2) is 14.3. The number of primary amides is 1. The third-order valence-corrected chi connectivity index (χ3v) is 5.10. The molecule has 35 heavy (non-hydrogen) atoms. The first kappa shape index (κ1) is 29.1. The summed E-state index contributed by atoms with van der Waals surface area (Å²) in [6.07, 6.45) is 0.637. The fourth-order valence-electron chi connectivity index (χ4n) is 3.48. The zero-order chi connectivity index (χ0) is 26.5. The molecule has 0 saturated carbocycles. The van der Waals surface area contributed by atoms with E-state index in [4.69, 9.17) is 22.6 Å². The Hall–Kier alpha value is -3.95. The second-order valence-corrected chi connectivity index (χ2v) is 7.84. The van der Waals surface area contributed by atoms with E-state index in [1.165, 1.54) is 0 Å². The number of hydrogen-bond acceptors (Lipinski definition) is 8. The lowest BCUT2D eigenvalue weighted by Gasteiger charge is -2.27. The summed E-state index contributed by atoms with van der Waals surface area (Å²) < 4.78 is 0. The molecule has 0 bridgehead atoms. The minimum Gasteiger partial charge on any atom is -0.480 e. The van der Waals surface area contributed by atoms with Crippen LogP contribution in [0, 0.1) is 5.41 Å². The number of amides is 5. The van der Waals surface area contributed by atoms with Gasteiger partial charge >= 0.3 is 5.97 Å². The first-order chi connectivity index (χ1) is 16.5. The summed E-state index contributed by atoms with van der Waals surface area (Å²) in [5.74, 6) is -5.23. The van der Waals surface area contributed by atoms with Crippen molar-refractivity contribution in [1.29, 1.82) is 5.41 Å². The van der Waals surface area contributed by atoms with E-state index in [-0.39, 0.29) is 38.4 Å². The van der Waals surface area contributed by atoms with Crippen molar-refractivity contribution in [2.24, 2.45) is 17.2 Å². The molecule has 0 aromatic heterocycles. The van der Waals surface area contributed by atoms with Crippen molar-refractivity contribution >= 4 is 41.5 Å². The molecule has 0 aliphatic carbocycles. The number of likely N-dealkylation sites (tertiary alicyclic amines) is 1. The first-order valence-electron chi connectivity index (χ1n) is 10.9. The maximum absolute atomic E-state index is 12.8. The predicted octanol–water partition coefficient (Wildman–Crippen LogP) is -4.75. The number of nitrogens with two attached hydrogens (primary N) is 3. The van der Waals surface area contributed by atoms with Crippen molar-refractivity contribution in [3.8, 4) is 0 Å². The molecule has 0 radical (unpaired) electrons. The van der Waals surface area contributed by atoms with Gasteiger partial charge in [0.1, 0.15) is 18.1 Å². The molecule has 12 N–H and O–H groups in total. The first-order valence-corrected chi connectivity index (χ1v) is 10.9. The zero-order valence-electron chi connectivity index (χ0n) is 19.2. The summed E-state index contributed by atoms with van der Waals surface area (Å²) in [7, 11) is 0. The largest absolute Gasteiger partial charge is 0.480 e. The van der Waals surface area contributed by atoms with Gasteiger partial charge in [-0.05, 0) is 25.7 Å². The molecule has 0 spiro atoms. The minimum absolute atomic E-state index is 0.147. The number of carboxylic acid groups (broad SMARTS) is 1. The van der Waals surface area contributed by atoms with Crippen LogP contribution < -0.4 is 38.5 Å². The highest BCUT2D eigenvalue weighted by atomic mass is 16.4. The van der Waals surface area contributed by atoms with Gasteiger partial charge in [-0.2, -0.15) is 0 Å². The van der Waals surface area contributed by atoms with Crippen LogP contribution in [0.3, 0.4) is 0 Å². The molecule has 2 unspecified atom stereocenters. The van der Waals surface area contributed by atoms with Crippen LogP contribution in [-0.4, -0.2) is 95.8 Å². The molecular formula is C19H33N9O7. The number of carboxylic acids is 1. The summed E-state index contributed by atoms with van der Waals surface area (Å²) in [5, 5.41) is 26.0. The molecule has 196 valence electrons. The average molecular weight is 500 g/mol. The van der Waals surface area contributed by atoms with Gasteiger partial charge in [0.05, 0.1) is 19.5 Å². The van der Waals surface area contributed by atoms with E-state index >= 15 is 0 Å². The van der Waals surface area contributed by atoms with Crippen LogP contribution in [0.2, 0.25) is 0 Å². The normalized spacial score (nSPS) is 16.5. The zero-order valence-corrected chi connectivity index (χ0v) is 19.2. The SMILES string of the molecule is N=C(N)NCCCC(NC(=O)CN)C(=O)NCC(=O)NC(CC(N)=O)C(=O)N1CCC[C@H]1C(=O)O. The highest BCUT2D eigenvalue weighted by Crippen LogP contribution is 2.19. The molecule has 5 amide bonds. The molecule has 1 aliphatic heterocycles. The van der Waals surface area contributed by atoms with Gasteiger partial charge in [0.15, 0.2) is 5.96 Å². The molecule has 16 nitrogen and oxygen atoms in total. The van der Waals surface area contributed by atoms with Gasteiger partial charge in [-0.25, -0.2) is 4.79 Å². The van der Waals surface area contributed by atoms with E-state index in [9.17, 15) is 33.9 Å². The number of carbonyl (C=O) groups is 6. The third-order valence-electron chi connectivity index (χ3n) is 5.10. The van der Waals surface area contributed by atoms with E-state index in [0.717, 1.165) is 4.90 Å². The van der Waals surface area contributed by atoms with E-state index in [2.05, 4.69) is 21.3 Å².